The topological polar surface area (TPSA) is 84.2 Å². The van der Waals surface area contributed by atoms with Gasteiger partial charge in [-0.25, -0.2) is 13.8 Å². The van der Waals surface area contributed by atoms with E-state index in [1.807, 2.05) is 16.8 Å². The van der Waals surface area contributed by atoms with Crippen molar-refractivity contribution in [3.63, 3.8) is 0 Å². The lowest BCUT2D eigenvalue weighted by atomic mass is 9.94. The third-order valence-corrected chi connectivity index (χ3v) is 5.63. The molecule has 0 bridgehead atoms. The lowest BCUT2D eigenvalue weighted by Gasteiger charge is -2.15. The summed E-state index contributed by atoms with van der Waals surface area (Å²) < 4.78 is 29.0. The molecule has 1 atom stereocenters. The molecule has 2 N–H and O–H groups in total. The summed E-state index contributed by atoms with van der Waals surface area (Å²) in [6, 6.07) is 15.9. The number of halogens is 2. The molecule has 1 heterocycles. The highest BCUT2D eigenvalue weighted by molar-refractivity contribution is 6.03. The number of hydrogen-bond donors (Lipinski definition) is 2. The van der Waals surface area contributed by atoms with Gasteiger partial charge in [-0.05, 0) is 77.2 Å². The zero-order valence-corrected chi connectivity index (χ0v) is 19.4. The van der Waals surface area contributed by atoms with Gasteiger partial charge in [-0.15, -0.1) is 0 Å². The number of aromatic nitrogens is 2. The van der Waals surface area contributed by atoms with Gasteiger partial charge in [0, 0.05) is 24.5 Å². The van der Waals surface area contributed by atoms with E-state index in [1.54, 1.807) is 55.0 Å². The number of nitrogens with zero attached hydrogens (tertiary/aromatic N) is 2. The van der Waals surface area contributed by atoms with Gasteiger partial charge in [-0.3, -0.25) is 9.59 Å². The van der Waals surface area contributed by atoms with E-state index >= 15 is 0 Å². The number of allylic oxidation sites excluding steroid dienone is 1. The van der Waals surface area contributed by atoms with Gasteiger partial charge >= 0.3 is 5.97 Å². The smallest absolute Gasteiger partial charge is 0.325 e. The van der Waals surface area contributed by atoms with Gasteiger partial charge in [0.05, 0.1) is 6.33 Å². The Hall–Kier alpha value is -4.59. The van der Waals surface area contributed by atoms with Gasteiger partial charge < -0.3 is 15.0 Å². The van der Waals surface area contributed by atoms with Crippen LogP contribution >= 0.6 is 0 Å². The Balaban J connectivity index is 1.79. The first kappa shape index (κ1) is 24.5. The molecule has 8 heteroatoms. The summed E-state index contributed by atoms with van der Waals surface area (Å²) >= 11 is 0. The maximum atomic E-state index is 13.6. The number of aliphatic carboxylic acids is 1. The molecule has 0 spiro atoms. The lowest BCUT2D eigenvalue weighted by Crippen LogP contribution is -2.38. The molecule has 0 aliphatic carbocycles. The predicted octanol–water partition coefficient (Wildman–Crippen LogP) is 5.27. The zero-order chi connectivity index (χ0) is 25.7. The van der Waals surface area contributed by atoms with Gasteiger partial charge in [0.2, 0.25) is 0 Å². The SMILES string of the molecule is CC(NC(=O)c1ccc(/C=C(/Cn2ccnc2)c2ccc(F)cc2)cc1-c1ccc(F)cc1)C(=O)O. The normalized spacial score (nSPS) is 12.2. The van der Waals surface area contributed by atoms with Crippen molar-refractivity contribution in [3.8, 4) is 11.1 Å². The molecule has 0 saturated carbocycles. The van der Waals surface area contributed by atoms with Gasteiger partial charge in [0.15, 0.2) is 0 Å². The first-order chi connectivity index (χ1) is 17.3. The number of carboxylic acids is 1. The summed E-state index contributed by atoms with van der Waals surface area (Å²) in [4.78, 5) is 28.2. The molecular weight excluding hydrogens is 464 g/mol. The fraction of sp³-hybridized carbons (Fsp3) is 0.107. The fourth-order valence-corrected chi connectivity index (χ4v) is 3.72. The molecule has 6 nitrogen and oxygen atoms in total. The number of rotatable bonds is 8. The summed E-state index contributed by atoms with van der Waals surface area (Å²) in [5.41, 5.74) is 3.79. The Morgan fingerprint density at radius 2 is 1.69 bits per heavy atom. The predicted molar refractivity (Wildman–Crippen MR) is 133 cm³/mol. The minimum atomic E-state index is -1.16. The second-order valence-electron chi connectivity index (χ2n) is 8.26. The van der Waals surface area contributed by atoms with E-state index in [4.69, 9.17) is 0 Å². The molecule has 0 aliphatic heterocycles. The minimum absolute atomic E-state index is 0.254. The van der Waals surface area contributed by atoms with Crippen LogP contribution in [0.4, 0.5) is 8.78 Å². The van der Waals surface area contributed by atoms with E-state index < -0.39 is 23.7 Å². The number of hydrogen-bond acceptors (Lipinski definition) is 3. The van der Waals surface area contributed by atoms with E-state index in [2.05, 4.69) is 10.3 Å². The Kier molecular flexibility index (Phi) is 7.34. The maximum absolute atomic E-state index is 13.6. The minimum Gasteiger partial charge on any atom is -0.480 e. The van der Waals surface area contributed by atoms with Crippen LogP contribution in [0.15, 0.2) is 85.5 Å². The highest BCUT2D eigenvalue weighted by atomic mass is 19.1. The molecule has 3 aromatic carbocycles. The van der Waals surface area contributed by atoms with Crippen LogP contribution < -0.4 is 5.32 Å². The molecule has 1 aromatic heterocycles. The largest absolute Gasteiger partial charge is 0.480 e. The number of imidazole rings is 1. The number of nitrogens with one attached hydrogen (secondary N) is 1. The van der Waals surface area contributed by atoms with Crippen molar-refractivity contribution < 1.29 is 23.5 Å². The summed E-state index contributed by atoms with van der Waals surface area (Å²) in [6.45, 7) is 1.84. The molecule has 0 saturated heterocycles. The summed E-state index contributed by atoms with van der Waals surface area (Å²) in [6.07, 6.45) is 7.08. The monoisotopic (exact) mass is 487 g/mol. The Morgan fingerprint density at radius 3 is 2.31 bits per heavy atom. The molecule has 0 radical (unpaired) electrons. The summed E-state index contributed by atoms with van der Waals surface area (Å²) in [5.74, 6) is -2.48. The third-order valence-electron chi connectivity index (χ3n) is 5.63. The zero-order valence-electron chi connectivity index (χ0n) is 19.4. The average Bonchev–Trinajstić information content (AvgIpc) is 3.37. The van der Waals surface area contributed by atoms with Crippen molar-refractivity contribution in [2.75, 3.05) is 0 Å². The van der Waals surface area contributed by atoms with Crippen LogP contribution in [0.5, 0.6) is 0 Å². The van der Waals surface area contributed by atoms with Crippen LogP contribution in [0.25, 0.3) is 22.8 Å². The molecule has 0 fully saturated rings. The number of benzene rings is 3. The highest BCUT2D eigenvalue weighted by Gasteiger charge is 2.19. The van der Waals surface area contributed by atoms with Crippen LogP contribution in [0.2, 0.25) is 0 Å². The average molecular weight is 488 g/mol. The lowest BCUT2D eigenvalue weighted by molar-refractivity contribution is -0.138. The second-order valence-corrected chi connectivity index (χ2v) is 8.26. The van der Waals surface area contributed by atoms with Crippen LogP contribution in [-0.4, -0.2) is 32.6 Å². The van der Waals surface area contributed by atoms with Gasteiger partial charge in [-0.1, -0.05) is 30.3 Å². The standard InChI is InChI=1S/C28H23F2N3O3/c1-18(28(35)36)32-27(34)25-11-2-19(15-26(25)21-5-9-24(30)10-6-21)14-22(16-33-13-12-31-17-33)20-3-7-23(29)8-4-20/h2-15,17-18H,16H2,1H3,(H,32,34)(H,35,36)/b22-14-. The molecule has 4 rings (SSSR count). The number of carboxylic acid groups (broad SMARTS) is 1. The Bertz CT molecular complexity index is 1400. The van der Waals surface area contributed by atoms with E-state index in [0.717, 1.165) is 16.7 Å². The molecule has 182 valence electrons. The van der Waals surface area contributed by atoms with Crippen LogP contribution in [0, 0.1) is 11.6 Å². The quantitative estimate of drug-likeness (QED) is 0.332. The highest BCUT2D eigenvalue weighted by Crippen LogP contribution is 2.28. The van der Waals surface area contributed by atoms with Crippen molar-refractivity contribution >= 4 is 23.5 Å². The Morgan fingerprint density at radius 1 is 1.03 bits per heavy atom. The first-order valence-corrected chi connectivity index (χ1v) is 11.2. The summed E-state index contributed by atoms with van der Waals surface area (Å²) in [5, 5.41) is 11.6. The van der Waals surface area contributed by atoms with Crippen molar-refractivity contribution in [1.29, 1.82) is 0 Å². The van der Waals surface area contributed by atoms with Gasteiger partial charge in [0.25, 0.3) is 5.91 Å². The maximum Gasteiger partial charge on any atom is 0.325 e. The van der Waals surface area contributed by atoms with E-state index in [-0.39, 0.29) is 11.4 Å². The Labute approximate surface area is 206 Å². The molecule has 1 unspecified atom stereocenters. The molecular formula is C28H23F2N3O3. The van der Waals surface area contributed by atoms with Crippen LogP contribution in [-0.2, 0) is 11.3 Å². The first-order valence-electron chi connectivity index (χ1n) is 11.2. The number of carbonyl (C=O) groups excluding carboxylic acids is 1. The molecule has 4 aromatic rings. The van der Waals surface area contributed by atoms with Gasteiger partial charge in [-0.2, -0.15) is 0 Å². The van der Waals surface area contributed by atoms with Crippen molar-refractivity contribution in [2.24, 2.45) is 0 Å². The number of amides is 1. The molecule has 1 amide bonds. The van der Waals surface area contributed by atoms with Crippen molar-refractivity contribution in [2.45, 2.75) is 19.5 Å². The van der Waals surface area contributed by atoms with Crippen molar-refractivity contribution in [3.05, 3.63) is 114 Å². The van der Waals surface area contributed by atoms with E-state index in [1.165, 1.54) is 31.2 Å². The second kappa shape index (κ2) is 10.8. The van der Waals surface area contributed by atoms with Crippen LogP contribution in [0.3, 0.4) is 0 Å². The molecule has 0 aliphatic rings. The van der Waals surface area contributed by atoms with Crippen LogP contribution in [0.1, 0.15) is 28.4 Å². The van der Waals surface area contributed by atoms with Gasteiger partial charge in [0.1, 0.15) is 17.7 Å². The fourth-order valence-electron chi connectivity index (χ4n) is 3.72. The molecule has 36 heavy (non-hydrogen) atoms. The van der Waals surface area contributed by atoms with Crippen molar-refractivity contribution in [1.82, 2.24) is 14.9 Å². The third kappa shape index (κ3) is 5.90. The number of carbonyl (C=O) groups is 2. The van der Waals surface area contributed by atoms with E-state index in [0.29, 0.717) is 17.7 Å². The van der Waals surface area contributed by atoms with E-state index in [9.17, 15) is 23.5 Å². The summed E-state index contributed by atoms with van der Waals surface area (Å²) in [7, 11) is 0.